The largest absolute Gasteiger partial charge is 0.481 e. The van der Waals surface area contributed by atoms with Crippen LogP contribution in [0.5, 0.6) is 0 Å². The highest BCUT2D eigenvalue weighted by Crippen LogP contribution is 2.09. The van der Waals surface area contributed by atoms with E-state index in [-0.39, 0.29) is 18.9 Å². The van der Waals surface area contributed by atoms with Crippen LogP contribution in [0.15, 0.2) is 24.3 Å². The third-order valence-corrected chi connectivity index (χ3v) is 2.99. The van der Waals surface area contributed by atoms with Crippen molar-refractivity contribution < 1.29 is 14.7 Å². The molecule has 0 fully saturated rings. The van der Waals surface area contributed by atoms with Gasteiger partial charge in [-0.3, -0.25) is 14.5 Å². The fraction of sp³-hybridized carbons (Fsp3) is 0.467. The van der Waals surface area contributed by atoms with Gasteiger partial charge in [0.2, 0.25) is 5.91 Å². The number of hydrogen-bond donors (Lipinski definition) is 2. The van der Waals surface area contributed by atoms with E-state index < -0.39 is 5.97 Å². The van der Waals surface area contributed by atoms with Gasteiger partial charge in [-0.2, -0.15) is 0 Å². The molecule has 0 aliphatic rings. The maximum absolute atomic E-state index is 11.8. The summed E-state index contributed by atoms with van der Waals surface area (Å²) in [5.74, 6) is -0.897. The molecule has 5 nitrogen and oxygen atoms in total. The highest BCUT2D eigenvalue weighted by molar-refractivity contribution is 5.92. The molecule has 110 valence electrons. The minimum atomic E-state index is -0.807. The summed E-state index contributed by atoms with van der Waals surface area (Å²) in [6.45, 7) is 2.93. The van der Waals surface area contributed by atoms with Crippen LogP contribution in [0, 0.1) is 0 Å². The third kappa shape index (κ3) is 6.33. The number of anilines is 1. The fourth-order valence-electron chi connectivity index (χ4n) is 1.85. The molecule has 2 N–H and O–H groups in total. The number of aliphatic carboxylic acids is 1. The summed E-state index contributed by atoms with van der Waals surface area (Å²) in [7, 11) is 1.81. The highest BCUT2D eigenvalue weighted by atomic mass is 16.4. The summed E-state index contributed by atoms with van der Waals surface area (Å²) in [6, 6.07) is 7.76. The van der Waals surface area contributed by atoms with Crippen molar-refractivity contribution in [2.24, 2.45) is 0 Å². The third-order valence-electron chi connectivity index (χ3n) is 2.99. The zero-order chi connectivity index (χ0) is 15.0. The number of nitrogens with one attached hydrogen (secondary N) is 1. The summed E-state index contributed by atoms with van der Waals surface area (Å²) < 4.78 is 0. The number of carboxylic acid groups (broad SMARTS) is 1. The maximum atomic E-state index is 11.8. The number of hydrogen-bond acceptors (Lipinski definition) is 3. The van der Waals surface area contributed by atoms with Gasteiger partial charge in [-0.05, 0) is 44.1 Å². The van der Waals surface area contributed by atoms with Crippen molar-refractivity contribution in [3.8, 4) is 0 Å². The number of rotatable bonds is 8. The number of carbonyl (C=O) groups excluding carboxylic acids is 1. The van der Waals surface area contributed by atoms with Crippen molar-refractivity contribution in [1.82, 2.24) is 4.90 Å². The summed E-state index contributed by atoms with van der Waals surface area (Å²) in [4.78, 5) is 24.0. The number of carboxylic acids is 1. The van der Waals surface area contributed by atoms with Crippen LogP contribution in [-0.2, 0) is 16.0 Å². The molecule has 0 heterocycles. The first kappa shape index (κ1) is 16.2. The van der Waals surface area contributed by atoms with Crippen LogP contribution in [0.25, 0.3) is 0 Å². The molecule has 0 spiro atoms. The Morgan fingerprint density at radius 2 is 1.90 bits per heavy atom. The Morgan fingerprint density at radius 1 is 1.25 bits per heavy atom. The quantitative estimate of drug-likeness (QED) is 0.763. The first-order valence-corrected chi connectivity index (χ1v) is 6.80. The van der Waals surface area contributed by atoms with Crippen molar-refractivity contribution >= 4 is 17.6 Å². The van der Waals surface area contributed by atoms with Crippen molar-refractivity contribution in [2.45, 2.75) is 26.2 Å². The zero-order valence-corrected chi connectivity index (χ0v) is 12.1. The zero-order valence-electron chi connectivity index (χ0n) is 12.1. The molecule has 0 aliphatic heterocycles. The lowest BCUT2D eigenvalue weighted by molar-refractivity contribution is -0.137. The predicted octanol–water partition coefficient (Wildman–Crippen LogP) is 1.98. The van der Waals surface area contributed by atoms with Crippen molar-refractivity contribution in [3.05, 3.63) is 29.8 Å². The van der Waals surface area contributed by atoms with Crippen LogP contribution in [0.4, 0.5) is 5.69 Å². The van der Waals surface area contributed by atoms with Crippen molar-refractivity contribution in [1.29, 1.82) is 0 Å². The van der Waals surface area contributed by atoms with Gasteiger partial charge in [0.05, 0.1) is 6.54 Å². The second-order valence-electron chi connectivity index (χ2n) is 4.83. The van der Waals surface area contributed by atoms with Gasteiger partial charge in [0.15, 0.2) is 0 Å². The second-order valence-corrected chi connectivity index (χ2v) is 4.83. The Hall–Kier alpha value is -1.88. The molecule has 1 amide bonds. The highest BCUT2D eigenvalue weighted by Gasteiger charge is 2.07. The number of amides is 1. The van der Waals surface area contributed by atoms with E-state index in [2.05, 4.69) is 12.2 Å². The molecule has 1 aromatic rings. The number of aryl methyl sites for hydroxylation is 1. The van der Waals surface area contributed by atoms with Gasteiger partial charge in [-0.15, -0.1) is 0 Å². The Kier molecular flexibility index (Phi) is 6.73. The average molecular weight is 278 g/mol. The normalized spacial score (nSPS) is 10.6. The number of benzene rings is 1. The van der Waals surface area contributed by atoms with E-state index >= 15 is 0 Å². The minimum Gasteiger partial charge on any atom is -0.481 e. The van der Waals surface area contributed by atoms with E-state index in [0.717, 1.165) is 12.1 Å². The standard InChI is InChI=1S/C15H22N2O3/c1-3-12-6-8-13(9-7-12)16-14(18)11-17(2)10-4-5-15(19)20/h6-9H,3-5,10-11H2,1-2H3,(H,16,18)(H,19,20). The smallest absolute Gasteiger partial charge is 0.303 e. The second kappa shape index (κ2) is 8.32. The van der Waals surface area contributed by atoms with E-state index in [4.69, 9.17) is 5.11 Å². The summed E-state index contributed by atoms with van der Waals surface area (Å²) in [5.41, 5.74) is 2.01. The van der Waals surface area contributed by atoms with Crippen LogP contribution < -0.4 is 5.32 Å². The maximum Gasteiger partial charge on any atom is 0.303 e. The van der Waals surface area contributed by atoms with Gasteiger partial charge in [-0.25, -0.2) is 0 Å². The SMILES string of the molecule is CCc1ccc(NC(=O)CN(C)CCCC(=O)O)cc1. The molecule has 0 radical (unpaired) electrons. The Labute approximate surface area is 119 Å². The topological polar surface area (TPSA) is 69.6 Å². The lowest BCUT2D eigenvalue weighted by Gasteiger charge is -2.15. The van der Waals surface area contributed by atoms with Gasteiger partial charge < -0.3 is 10.4 Å². The van der Waals surface area contributed by atoms with E-state index in [9.17, 15) is 9.59 Å². The molecule has 0 saturated carbocycles. The molecular formula is C15H22N2O3. The van der Waals surface area contributed by atoms with E-state index in [1.165, 1.54) is 5.56 Å². The molecule has 0 aromatic heterocycles. The van der Waals surface area contributed by atoms with Crippen LogP contribution in [-0.4, -0.2) is 42.0 Å². The van der Waals surface area contributed by atoms with Gasteiger partial charge in [0, 0.05) is 12.1 Å². The lowest BCUT2D eigenvalue weighted by Crippen LogP contribution is -2.31. The monoisotopic (exact) mass is 278 g/mol. The summed E-state index contributed by atoms with van der Waals surface area (Å²) in [5, 5.41) is 11.4. The first-order valence-electron chi connectivity index (χ1n) is 6.80. The van der Waals surface area contributed by atoms with Crippen molar-refractivity contribution in [2.75, 3.05) is 25.5 Å². The summed E-state index contributed by atoms with van der Waals surface area (Å²) >= 11 is 0. The average Bonchev–Trinajstić information content (AvgIpc) is 2.38. The Balaban J connectivity index is 2.32. The first-order chi connectivity index (χ1) is 9.51. The van der Waals surface area contributed by atoms with Crippen LogP contribution in [0.1, 0.15) is 25.3 Å². The van der Waals surface area contributed by atoms with Gasteiger partial charge in [0.1, 0.15) is 0 Å². The van der Waals surface area contributed by atoms with Crippen LogP contribution >= 0.6 is 0 Å². The lowest BCUT2D eigenvalue weighted by atomic mass is 10.1. The summed E-state index contributed by atoms with van der Waals surface area (Å²) in [6.07, 6.45) is 1.65. The van der Waals surface area contributed by atoms with Gasteiger partial charge in [0.25, 0.3) is 0 Å². The van der Waals surface area contributed by atoms with Crippen LogP contribution in [0.2, 0.25) is 0 Å². The number of nitrogens with zero attached hydrogens (tertiary/aromatic N) is 1. The van der Waals surface area contributed by atoms with Crippen LogP contribution in [0.3, 0.4) is 0 Å². The van der Waals surface area contributed by atoms with E-state index in [1.807, 2.05) is 36.2 Å². The molecule has 20 heavy (non-hydrogen) atoms. The Morgan fingerprint density at radius 3 is 2.45 bits per heavy atom. The molecule has 1 aromatic carbocycles. The molecule has 0 unspecified atom stereocenters. The molecular weight excluding hydrogens is 256 g/mol. The van der Waals surface area contributed by atoms with Gasteiger partial charge in [-0.1, -0.05) is 19.1 Å². The molecule has 0 saturated heterocycles. The molecule has 0 atom stereocenters. The van der Waals surface area contributed by atoms with Crippen molar-refractivity contribution in [3.63, 3.8) is 0 Å². The van der Waals surface area contributed by atoms with E-state index in [0.29, 0.717) is 13.0 Å². The number of likely N-dealkylation sites (N-methyl/N-ethyl adjacent to an activating group) is 1. The Bertz CT molecular complexity index is 443. The molecule has 1 rings (SSSR count). The van der Waals surface area contributed by atoms with Gasteiger partial charge >= 0.3 is 5.97 Å². The number of carbonyl (C=O) groups is 2. The predicted molar refractivity (Wildman–Crippen MR) is 78.8 cm³/mol. The molecule has 5 heteroatoms. The molecule has 0 bridgehead atoms. The van der Waals surface area contributed by atoms with E-state index in [1.54, 1.807) is 0 Å². The molecule has 0 aliphatic carbocycles. The minimum absolute atomic E-state index is 0.0907. The fourth-order valence-corrected chi connectivity index (χ4v) is 1.85.